The predicted molar refractivity (Wildman–Crippen MR) is 61.4 cm³/mol. The Hall–Kier alpha value is -1.81. The summed E-state index contributed by atoms with van der Waals surface area (Å²) in [5.74, 6) is -0.423. The molecule has 1 aliphatic heterocycles. The van der Waals surface area contributed by atoms with Gasteiger partial charge in [-0.25, -0.2) is 0 Å². The minimum atomic E-state index is -0.592. The lowest BCUT2D eigenvalue weighted by molar-refractivity contribution is -0.114. The fourth-order valence-corrected chi connectivity index (χ4v) is 1.78. The Morgan fingerprint density at radius 3 is 2.69 bits per heavy atom. The van der Waals surface area contributed by atoms with Gasteiger partial charge in [-0.05, 0) is 25.0 Å². The number of nitrogens with zero attached hydrogens (tertiary/aromatic N) is 1. The Morgan fingerprint density at radius 1 is 1.38 bits per heavy atom. The van der Waals surface area contributed by atoms with Gasteiger partial charge in [-0.2, -0.15) is 0 Å². The number of aliphatic hydroxyl groups is 1. The molecule has 4 nitrogen and oxygen atoms in total. The summed E-state index contributed by atoms with van der Waals surface area (Å²) in [6.07, 6.45) is 2.08. The van der Waals surface area contributed by atoms with Gasteiger partial charge in [-0.1, -0.05) is 18.2 Å². The molecule has 0 spiro atoms. The number of hydrogen-bond donors (Lipinski definition) is 2. The topological polar surface area (TPSA) is 66.6 Å². The SMILES string of the molecule is NC(=O)C1=CN(c2ccccc2)C(O)CC1. The first-order valence-corrected chi connectivity index (χ1v) is 5.20. The van der Waals surface area contributed by atoms with Crippen LogP contribution in [-0.2, 0) is 4.79 Å². The molecule has 0 radical (unpaired) electrons. The van der Waals surface area contributed by atoms with E-state index in [0.29, 0.717) is 18.4 Å². The van der Waals surface area contributed by atoms with E-state index in [-0.39, 0.29) is 0 Å². The second-order valence-corrected chi connectivity index (χ2v) is 3.78. The molecule has 0 saturated heterocycles. The van der Waals surface area contributed by atoms with Crippen LogP contribution in [0.1, 0.15) is 12.8 Å². The predicted octanol–water partition coefficient (Wildman–Crippen LogP) is 0.974. The smallest absolute Gasteiger partial charge is 0.246 e. The highest BCUT2D eigenvalue weighted by Crippen LogP contribution is 2.25. The molecule has 16 heavy (non-hydrogen) atoms. The zero-order valence-corrected chi connectivity index (χ0v) is 8.84. The molecular formula is C12H14N2O2. The van der Waals surface area contributed by atoms with Gasteiger partial charge in [0.2, 0.25) is 5.91 Å². The van der Waals surface area contributed by atoms with Crippen LogP contribution in [0, 0.1) is 0 Å². The molecule has 4 heteroatoms. The van der Waals surface area contributed by atoms with Crippen LogP contribution < -0.4 is 10.6 Å². The number of carbonyl (C=O) groups is 1. The second kappa shape index (κ2) is 4.37. The molecule has 1 heterocycles. The normalized spacial score (nSPS) is 20.4. The summed E-state index contributed by atoms with van der Waals surface area (Å²) >= 11 is 0. The number of benzene rings is 1. The van der Waals surface area contributed by atoms with Crippen LogP contribution in [0.2, 0.25) is 0 Å². The molecule has 0 saturated carbocycles. The summed E-state index contributed by atoms with van der Waals surface area (Å²) in [5.41, 5.74) is 6.64. The Bertz CT molecular complexity index is 414. The first-order valence-electron chi connectivity index (χ1n) is 5.20. The van der Waals surface area contributed by atoms with Gasteiger partial charge in [0.1, 0.15) is 6.23 Å². The van der Waals surface area contributed by atoms with Crippen molar-refractivity contribution in [1.29, 1.82) is 0 Å². The number of primary amides is 1. The van der Waals surface area contributed by atoms with Crippen molar-refractivity contribution in [3.63, 3.8) is 0 Å². The lowest BCUT2D eigenvalue weighted by Gasteiger charge is -2.31. The van der Waals surface area contributed by atoms with E-state index < -0.39 is 12.1 Å². The van der Waals surface area contributed by atoms with Crippen LogP contribution in [0.3, 0.4) is 0 Å². The maximum absolute atomic E-state index is 11.1. The van der Waals surface area contributed by atoms with Gasteiger partial charge >= 0.3 is 0 Å². The van der Waals surface area contributed by atoms with Crippen LogP contribution in [-0.4, -0.2) is 17.2 Å². The maximum Gasteiger partial charge on any atom is 0.246 e. The Labute approximate surface area is 94.0 Å². The molecule has 1 aliphatic rings. The number of aliphatic hydroxyl groups excluding tert-OH is 1. The molecule has 1 unspecified atom stereocenters. The van der Waals surface area contributed by atoms with Gasteiger partial charge in [-0.3, -0.25) is 4.79 Å². The number of hydrogen-bond acceptors (Lipinski definition) is 3. The van der Waals surface area contributed by atoms with Crippen molar-refractivity contribution < 1.29 is 9.90 Å². The van der Waals surface area contributed by atoms with E-state index in [0.717, 1.165) is 5.69 Å². The minimum Gasteiger partial charge on any atom is -0.373 e. The van der Waals surface area contributed by atoms with Crippen LogP contribution in [0.4, 0.5) is 5.69 Å². The van der Waals surface area contributed by atoms with E-state index >= 15 is 0 Å². The van der Waals surface area contributed by atoms with Crippen LogP contribution in [0.15, 0.2) is 42.1 Å². The first-order chi connectivity index (χ1) is 7.68. The van der Waals surface area contributed by atoms with Crippen molar-refractivity contribution in [2.24, 2.45) is 5.73 Å². The number of para-hydroxylation sites is 1. The number of amides is 1. The van der Waals surface area contributed by atoms with E-state index in [1.54, 1.807) is 11.1 Å². The quantitative estimate of drug-likeness (QED) is 0.777. The molecule has 3 N–H and O–H groups in total. The van der Waals surface area contributed by atoms with Crippen molar-refractivity contribution in [2.75, 3.05) is 4.90 Å². The average Bonchev–Trinajstić information content (AvgIpc) is 2.30. The van der Waals surface area contributed by atoms with Crippen molar-refractivity contribution >= 4 is 11.6 Å². The lowest BCUT2D eigenvalue weighted by atomic mass is 10.1. The molecule has 1 aromatic carbocycles. The molecule has 1 aromatic rings. The summed E-state index contributed by atoms with van der Waals surface area (Å²) in [6.45, 7) is 0. The molecule has 0 aliphatic carbocycles. The Balaban J connectivity index is 2.32. The van der Waals surface area contributed by atoms with Gasteiger partial charge in [0, 0.05) is 17.5 Å². The minimum absolute atomic E-state index is 0.423. The largest absolute Gasteiger partial charge is 0.373 e. The van der Waals surface area contributed by atoms with Gasteiger partial charge in [0.05, 0.1) is 0 Å². The summed E-state index contributed by atoms with van der Waals surface area (Å²) < 4.78 is 0. The van der Waals surface area contributed by atoms with Crippen LogP contribution in [0.25, 0.3) is 0 Å². The van der Waals surface area contributed by atoms with Gasteiger partial charge in [-0.15, -0.1) is 0 Å². The molecule has 0 fully saturated rings. The highest BCUT2D eigenvalue weighted by atomic mass is 16.3. The van der Waals surface area contributed by atoms with Gasteiger partial charge in [0.25, 0.3) is 0 Å². The van der Waals surface area contributed by atoms with Gasteiger partial charge < -0.3 is 15.7 Å². The highest BCUT2D eigenvalue weighted by molar-refractivity contribution is 5.92. The first kappa shape index (κ1) is 10.7. The zero-order chi connectivity index (χ0) is 11.5. The van der Waals surface area contributed by atoms with E-state index in [9.17, 15) is 9.90 Å². The fraction of sp³-hybridized carbons (Fsp3) is 0.250. The number of anilines is 1. The molecule has 1 amide bonds. The summed E-state index contributed by atoms with van der Waals surface area (Å²) in [7, 11) is 0. The highest BCUT2D eigenvalue weighted by Gasteiger charge is 2.22. The molecular weight excluding hydrogens is 204 g/mol. The number of carbonyl (C=O) groups excluding carboxylic acids is 1. The molecule has 2 rings (SSSR count). The fourth-order valence-electron chi connectivity index (χ4n) is 1.78. The van der Waals surface area contributed by atoms with Gasteiger partial charge in [0.15, 0.2) is 0 Å². The van der Waals surface area contributed by atoms with Crippen molar-refractivity contribution in [3.05, 3.63) is 42.1 Å². The second-order valence-electron chi connectivity index (χ2n) is 3.78. The average molecular weight is 218 g/mol. The Kier molecular flexibility index (Phi) is 2.92. The molecule has 0 aromatic heterocycles. The zero-order valence-electron chi connectivity index (χ0n) is 8.84. The molecule has 1 atom stereocenters. The summed E-state index contributed by atoms with van der Waals surface area (Å²) in [6, 6.07) is 9.43. The Morgan fingerprint density at radius 2 is 2.06 bits per heavy atom. The number of rotatable bonds is 2. The summed E-state index contributed by atoms with van der Waals surface area (Å²) in [4.78, 5) is 12.8. The lowest BCUT2D eigenvalue weighted by Crippen LogP contribution is -2.35. The van der Waals surface area contributed by atoms with Crippen LogP contribution in [0.5, 0.6) is 0 Å². The third kappa shape index (κ3) is 2.06. The van der Waals surface area contributed by atoms with Crippen molar-refractivity contribution in [2.45, 2.75) is 19.1 Å². The number of nitrogens with two attached hydrogens (primary N) is 1. The monoisotopic (exact) mass is 218 g/mol. The third-order valence-corrected chi connectivity index (χ3v) is 2.66. The van der Waals surface area contributed by atoms with Crippen molar-refractivity contribution in [3.8, 4) is 0 Å². The van der Waals surface area contributed by atoms with E-state index in [2.05, 4.69) is 0 Å². The van der Waals surface area contributed by atoms with E-state index in [1.807, 2.05) is 30.3 Å². The third-order valence-electron chi connectivity index (χ3n) is 2.66. The van der Waals surface area contributed by atoms with E-state index in [4.69, 9.17) is 5.73 Å². The van der Waals surface area contributed by atoms with Crippen LogP contribution >= 0.6 is 0 Å². The molecule has 84 valence electrons. The molecule has 0 bridgehead atoms. The standard InChI is InChI=1S/C12H14N2O2/c13-12(16)9-6-7-11(15)14(8-9)10-4-2-1-3-5-10/h1-5,8,11,15H,6-7H2,(H2,13,16). The maximum atomic E-state index is 11.1. The summed E-state index contributed by atoms with van der Waals surface area (Å²) in [5, 5.41) is 9.85. The van der Waals surface area contributed by atoms with E-state index in [1.165, 1.54) is 0 Å². The van der Waals surface area contributed by atoms with Crippen molar-refractivity contribution in [1.82, 2.24) is 0 Å².